The van der Waals surface area contributed by atoms with Crippen molar-refractivity contribution >= 4 is 16.9 Å². The molecule has 2 aliphatic heterocycles. The standard InChI is InChI=1S/C22H22FN3O2/c1-14-8-17-9-15(2-4-19(17)25-14)11-24-21(27)26-12-22(13-26)7-6-16-10-18(23)3-5-20(16)28-22/h2-5,8-10,25H,6-7,11-13H2,1H3,(H,24,27). The van der Waals surface area contributed by atoms with Crippen LogP contribution >= 0.6 is 0 Å². The Morgan fingerprint density at radius 1 is 1.25 bits per heavy atom. The van der Waals surface area contributed by atoms with Gasteiger partial charge in [-0.1, -0.05) is 6.07 Å². The van der Waals surface area contributed by atoms with E-state index in [1.54, 1.807) is 11.0 Å². The van der Waals surface area contributed by atoms with Crippen LogP contribution in [0.3, 0.4) is 0 Å². The molecular formula is C22H22FN3O2. The highest BCUT2D eigenvalue weighted by molar-refractivity contribution is 5.81. The number of nitrogens with zero attached hydrogens (tertiary/aromatic N) is 1. The summed E-state index contributed by atoms with van der Waals surface area (Å²) in [6.07, 6.45) is 1.58. The number of halogens is 1. The van der Waals surface area contributed by atoms with Crippen LogP contribution in [0.4, 0.5) is 9.18 Å². The molecule has 5 rings (SSSR count). The van der Waals surface area contributed by atoms with Crippen LogP contribution in [0.1, 0.15) is 23.2 Å². The smallest absolute Gasteiger partial charge is 0.317 e. The second kappa shape index (κ2) is 6.26. The summed E-state index contributed by atoms with van der Waals surface area (Å²) in [7, 11) is 0. The maximum absolute atomic E-state index is 13.3. The zero-order valence-corrected chi connectivity index (χ0v) is 15.7. The Kier molecular flexibility index (Phi) is 3.82. The van der Waals surface area contributed by atoms with E-state index in [1.165, 1.54) is 12.1 Å². The number of likely N-dealkylation sites (tertiary alicyclic amines) is 1. The number of nitrogens with one attached hydrogen (secondary N) is 2. The van der Waals surface area contributed by atoms with Gasteiger partial charge in [0.15, 0.2) is 0 Å². The molecule has 1 saturated heterocycles. The van der Waals surface area contributed by atoms with Crippen molar-refractivity contribution in [2.75, 3.05) is 13.1 Å². The summed E-state index contributed by atoms with van der Waals surface area (Å²) in [5.41, 5.74) is 3.87. The Hall–Kier alpha value is -3.02. The summed E-state index contributed by atoms with van der Waals surface area (Å²) >= 11 is 0. The van der Waals surface area contributed by atoms with E-state index in [1.807, 2.05) is 19.1 Å². The summed E-state index contributed by atoms with van der Waals surface area (Å²) in [6.45, 7) is 3.65. The highest BCUT2D eigenvalue weighted by Crippen LogP contribution is 2.38. The summed E-state index contributed by atoms with van der Waals surface area (Å²) in [5, 5.41) is 4.14. The molecule has 28 heavy (non-hydrogen) atoms. The fourth-order valence-electron chi connectivity index (χ4n) is 4.23. The molecule has 2 N–H and O–H groups in total. The van der Waals surface area contributed by atoms with E-state index in [4.69, 9.17) is 4.74 Å². The first-order chi connectivity index (χ1) is 13.5. The monoisotopic (exact) mass is 379 g/mol. The van der Waals surface area contributed by atoms with Gasteiger partial charge in [0.2, 0.25) is 0 Å². The number of hydrogen-bond acceptors (Lipinski definition) is 2. The number of H-pyrrole nitrogens is 1. The van der Waals surface area contributed by atoms with Crippen molar-refractivity contribution in [2.45, 2.75) is 31.9 Å². The molecule has 5 nitrogen and oxygen atoms in total. The minimum atomic E-state index is -0.330. The van der Waals surface area contributed by atoms with Crippen molar-refractivity contribution in [3.8, 4) is 5.75 Å². The molecule has 1 spiro atoms. The lowest BCUT2D eigenvalue weighted by atomic mass is 9.84. The molecule has 0 unspecified atom stereocenters. The Bertz CT molecular complexity index is 1070. The number of aryl methyl sites for hydroxylation is 2. The summed E-state index contributed by atoms with van der Waals surface area (Å²) in [5.74, 6) is 0.503. The van der Waals surface area contributed by atoms with Gasteiger partial charge in [-0.05, 0) is 72.7 Å². The Balaban J connectivity index is 1.18. The highest BCUT2D eigenvalue weighted by Gasteiger charge is 2.49. The zero-order valence-electron chi connectivity index (χ0n) is 15.7. The normalized spacial score (nSPS) is 17.1. The molecule has 6 heteroatoms. The summed E-state index contributed by atoms with van der Waals surface area (Å²) < 4.78 is 19.5. The summed E-state index contributed by atoms with van der Waals surface area (Å²) in [6, 6.07) is 12.8. The van der Waals surface area contributed by atoms with E-state index in [0.29, 0.717) is 19.6 Å². The van der Waals surface area contributed by atoms with Crippen molar-refractivity contribution in [1.82, 2.24) is 15.2 Å². The third-order valence-corrected chi connectivity index (χ3v) is 5.71. The quantitative estimate of drug-likeness (QED) is 0.709. The topological polar surface area (TPSA) is 57.4 Å². The Morgan fingerprint density at radius 2 is 2.11 bits per heavy atom. The Labute approximate surface area is 162 Å². The number of benzene rings is 2. The molecule has 3 aromatic rings. The minimum Gasteiger partial charge on any atom is -0.483 e. The number of carbonyl (C=O) groups is 1. The molecule has 1 fully saturated rings. The average Bonchev–Trinajstić information content (AvgIpc) is 3.03. The van der Waals surface area contributed by atoms with Crippen LogP contribution in [0.2, 0.25) is 0 Å². The maximum atomic E-state index is 13.3. The van der Waals surface area contributed by atoms with Gasteiger partial charge in [0.25, 0.3) is 0 Å². The van der Waals surface area contributed by atoms with Crippen LogP contribution in [-0.4, -0.2) is 34.6 Å². The third kappa shape index (κ3) is 2.99. The fourth-order valence-corrected chi connectivity index (χ4v) is 4.23. The van der Waals surface area contributed by atoms with Crippen LogP contribution < -0.4 is 10.1 Å². The molecule has 144 valence electrons. The fraction of sp³-hybridized carbons (Fsp3) is 0.318. The number of carbonyl (C=O) groups excluding carboxylic acids is 1. The second-order valence-corrected chi connectivity index (χ2v) is 7.93. The Morgan fingerprint density at radius 3 is 2.96 bits per heavy atom. The molecule has 1 aromatic heterocycles. The molecule has 0 radical (unpaired) electrons. The number of amides is 2. The highest BCUT2D eigenvalue weighted by atomic mass is 19.1. The van der Waals surface area contributed by atoms with Crippen molar-refractivity contribution < 1.29 is 13.9 Å². The second-order valence-electron chi connectivity index (χ2n) is 7.93. The van der Waals surface area contributed by atoms with Crippen LogP contribution in [0.5, 0.6) is 5.75 Å². The van der Waals surface area contributed by atoms with Crippen molar-refractivity contribution in [1.29, 1.82) is 0 Å². The SMILES string of the molecule is Cc1cc2cc(CNC(=O)N3CC4(CCc5cc(F)ccc5O4)C3)ccc2[nH]1. The van der Waals surface area contributed by atoms with Gasteiger partial charge in [0.05, 0.1) is 13.1 Å². The lowest BCUT2D eigenvalue weighted by Gasteiger charge is -2.51. The predicted molar refractivity (Wildman–Crippen MR) is 105 cm³/mol. The molecule has 0 atom stereocenters. The number of rotatable bonds is 2. The van der Waals surface area contributed by atoms with Crippen molar-refractivity contribution in [3.05, 3.63) is 65.1 Å². The van der Waals surface area contributed by atoms with Gasteiger partial charge in [-0.2, -0.15) is 0 Å². The van der Waals surface area contributed by atoms with E-state index < -0.39 is 0 Å². The number of aromatic amines is 1. The first-order valence-corrected chi connectivity index (χ1v) is 9.58. The van der Waals surface area contributed by atoms with E-state index in [2.05, 4.69) is 22.4 Å². The molecule has 0 bridgehead atoms. The van der Waals surface area contributed by atoms with Gasteiger partial charge in [0.1, 0.15) is 17.2 Å². The average molecular weight is 379 g/mol. The number of aromatic nitrogens is 1. The molecular weight excluding hydrogens is 357 g/mol. The van der Waals surface area contributed by atoms with Gasteiger partial charge in [-0.3, -0.25) is 0 Å². The van der Waals surface area contributed by atoms with Crippen LogP contribution in [0, 0.1) is 12.7 Å². The number of urea groups is 1. The first-order valence-electron chi connectivity index (χ1n) is 9.58. The minimum absolute atomic E-state index is 0.0792. The van der Waals surface area contributed by atoms with E-state index >= 15 is 0 Å². The predicted octanol–water partition coefficient (Wildman–Crippen LogP) is 3.90. The molecule has 2 aliphatic rings. The van der Waals surface area contributed by atoms with Gasteiger partial charge >= 0.3 is 6.03 Å². The lowest BCUT2D eigenvalue weighted by molar-refractivity contribution is -0.0678. The molecule has 2 amide bonds. The first kappa shape index (κ1) is 17.1. The molecule has 2 aromatic carbocycles. The third-order valence-electron chi connectivity index (χ3n) is 5.71. The van der Waals surface area contributed by atoms with E-state index in [-0.39, 0.29) is 17.4 Å². The van der Waals surface area contributed by atoms with Crippen molar-refractivity contribution in [3.63, 3.8) is 0 Å². The molecule has 0 saturated carbocycles. The van der Waals surface area contributed by atoms with Crippen LogP contribution in [-0.2, 0) is 13.0 Å². The largest absolute Gasteiger partial charge is 0.483 e. The zero-order chi connectivity index (χ0) is 19.3. The van der Waals surface area contributed by atoms with Gasteiger partial charge in [-0.25, -0.2) is 9.18 Å². The van der Waals surface area contributed by atoms with Gasteiger partial charge in [0, 0.05) is 17.8 Å². The summed E-state index contributed by atoms with van der Waals surface area (Å²) in [4.78, 5) is 17.6. The number of fused-ring (bicyclic) bond motifs is 2. The molecule has 3 heterocycles. The molecule has 0 aliphatic carbocycles. The number of hydrogen-bond donors (Lipinski definition) is 2. The maximum Gasteiger partial charge on any atom is 0.317 e. The van der Waals surface area contributed by atoms with Gasteiger partial charge < -0.3 is 19.9 Å². The van der Waals surface area contributed by atoms with E-state index in [0.717, 1.165) is 46.3 Å². The lowest BCUT2D eigenvalue weighted by Crippen LogP contribution is -2.68. The van der Waals surface area contributed by atoms with Crippen LogP contribution in [0.15, 0.2) is 42.5 Å². The van der Waals surface area contributed by atoms with Gasteiger partial charge in [-0.15, -0.1) is 0 Å². The number of ether oxygens (including phenoxy) is 1. The van der Waals surface area contributed by atoms with Crippen molar-refractivity contribution in [2.24, 2.45) is 0 Å². The van der Waals surface area contributed by atoms with E-state index in [9.17, 15) is 9.18 Å². The van der Waals surface area contributed by atoms with Crippen LogP contribution in [0.25, 0.3) is 10.9 Å².